The summed E-state index contributed by atoms with van der Waals surface area (Å²) < 4.78 is 27.6. The minimum absolute atomic E-state index is 0.105. The lowest BCUT2D eigenvalue weighted by atomic mass is 9.83. The molecule has 0 radical (unpaired) electrons. The van der Waals surface area contributed by atoms with Crippen molar-refractivity contribution in [2.45, 2.75) is 62.2 Å². The zero-order chi connectivity index (χ0) is 29.4. The van der Waals surface area contributed by atoms with E-state index in [1.807, 2.05) is 42.9 Å². The molecular formula is C32H38ClN7O2S. The van der Waals surface area contributed by atoms with Crippen LogP contribution in [0.15, 0.2) is 67.1 Å². The predicted molar refractivity (Wildman–Crippen MR) is 171 cm³/mol. The molecule has 2 saturated heterocycles. The number of nitrogens with zero attached hydrogens (tertiary/aromatic N) is 4. The minimum atomic E-state index is -3.27. The maximum absolute atomic E-state index is 12.4. The molecule has 2 unspecified atom stereocenters. The van der Waals surface area contributed by atoms with E-state index in [1.54, 1.807) is 0 Å². The lowest BCUT2D eigenvalue weighted by molar-refractivity contribution is 0.397. The number of sulfonamides is 1. The average Bonchev–Trinajstić information content (AvgIpc) is 3.54. The number of aromatic amines is 2. The van der Waals surface area contributed by atoms with Gasteiger partial charge in [-0.1, -0.05) is 35.9 Å². The number of H-pyrrole nitrogens is 2. The summed E-state index contributed by atoms with van der Waals surface area (Å²) in [5.74, 6) is 0.995. The number of piperidine rings is 2. The Labute approximate surface area is 258 Å². The van der Waals surface area contributed by atoms with Crippen LogP contribution < -0.4 is 14.5 Å². The molecule has 1 saturated carbocycles. The van der Waals surface area contributed by atoms with Crippen LogP contribution in [0.4, 0.5) is 17.1 Å². The first-order valence-corrected chi connectivity index (χ1v) is 17.2. The molecule has 7 rings (SSSR count). The maximum Gasteiger partial charge on any atom is 0.235 e. The van der Waals surface area contributed by atoms with Gasteiger partial charge >= 0.3 is 0 Å². The summed E-state index contributed by atoms with van der Waals surface area (Å²) in [6.07, 6.45) is 12.6. The highest BCUT2D eigenvalue weighted by molar-refractivity contribution is 7.93. The molecule has 2 aliphatic heterocycles. The molecule has 3 N–H and O–H groups in total. The van der Waals surface area contributed by atoms with Gasteiger partial charge in [-0.3, -0.25) is 14.9 Å². The second-order valence-electron chi connectivity index (χ2n) is 12.3. The minimum Gasteiger partial charge on any atom is -0.369 e. The number of aromatic nitrogens is 4. The maximum atomic E-state index is 12.4. The third kappa shape index (κ3) is 6.26. The number of nitrogens with one attached hydrogen (secondary N) is 3. The first kappa shape index (κ1) is 28.3. The van der Waals surface area contributed by atoms with E-state index in [-0.39, 0.29) is 11.3 Å². The number of hydrogen-bond acceptors (Lipinski definition) is 6. The summed E-state index contributed by atoms with van der Waals surface area (Å²) in [5, 5.41) is 15.7. The summed E-state index contributed by atoms with van der Waals surface area (Å²) in [6.45, 7) is 2.89. The van der Waals surface area contributed by atoms with Crippen molar-refractivity contribution >= 4 is 38.7 Å². The number of benzene rings is 2. The number of rotatable bonds is 9. The SMILES string of the molecule is O=S(=O)(Nc1ccc(C2CCN(c3cn[nH]c3)C(c3[nH]ncc3N3CCC(Cc4ccc(Cl)cc4)CC3)C2)cc1)C1CC1. The molecule has 2 aromatic heterocycles. The molecule has 9 nitrogen and oxygen atoms in total. The molecule has 3 fully saturated rings. The highest BCUT2D eigenvalue weighted by atomic mass is 35.5. The molecule has 3 aliphatic rings. The van der Waals surface area contributed by atoms with E-state index >= 15 is 0 Å². The standard InChI is InChI=1S/C32H38ClN7O2S/c33-26-5-1-22(2-6-26)17-23-11-14-39(15-12-23)31-21-36-37-32(31)30-18-25(13-16-40(30)28-19-34-35-20-28)24-3-7-27(8-4-24)38-43(41,42)29-9-10-29/h1-8,19-21,23,25,29-30,38H,9-18H2,(H,34,35)(H,36,37). The fraction of sp³-hybridized carbons (Fsp3) is 0.438. The largest absolute Gasteiger partial charge is 0.369 e. The second kappa shape index (κ2) is 11.9. The van der Waals surface area contributed by atoms with Crippen LogP contribution in [0.5, 0.6) is 0 Å². The van der Waals surface area contributed by atoms with Gasteiger partial charge in [-0.25, -0.2) is 8.42 Å². The van der Waals surface area contributed by atoms with Crippen LogP contribution in [-0.2, 0) is 16.4 Å². The Balaban J connectivity index is 1.07. The molecule has 0 spiro atoms. The molecule has 11 heteroatoms. The summed E-state index contributed by atoms with van der Waals surface area (Å²) in [7, 11) is -3.27. The van der Waals surface area contributed by atoms with E-state index in [0.717, 1.165) is 81.0 Å². The quantitative estimate of drug-likeness (QED) is 0.204. The predicted octanol–water partition coefficient (Wildman–Crippen LogP) is 6.27. The van der Waals surface area contributed by atoms with Gasteiger partial charge in [0.25, 0.3) is 0 Å². The Morgan fingerprint density at radius 3 is 2.37 bits per heavy atom. The van der Waals surface area contributed by atoms with Gasteiger partial charge in [0.05, 0.1) is 40.8 Å². The van der Waals surface area contributed by atoms with Crippen LogP contribution in [0.3, 0.4) is 0 Å². The lowest BCUT2D eigenvalue weighted by Crippen LogP contribution is -2.39. The van der Waals surface area contributed by atoms with Crippen LogP contribution in [-0.4, -0.2) is 53.7 Å². The summed E-state index contributed by atoms with van der Waals surface area (Å²) in [6, 6.07) is 16.3. The van der Waals surface area contributed by atoms with Gasteiger partial charge in [-0.2, -0.15) is 10.2 Å². The summed E-state index contributed by atoms with van der Waals surface area (Å²) >= 11 is 6.09. The van der Waals surface area contributed by atoms with Crippen molar-refractivity contribution in [2.75, 3.05) is 34.2 Å². The summed E-state index contributed by atoms with van der Waals surface area (Å²) in [5.41, 5.74) is 6.64. The van der Waals surface area contributed by atoms with Gasteiger partial charge < -0.3 is 9.80 Å². The fourth-order valence-electron chi connectivity index (χ4n) is 6.82. The number of anilines is 3. The third-order valence-corrected chi connectivity index (χ3v) is 11.5. The molecule has 2 atom stereocenters. The molecular weight excluding hydrogens is 582 g/mol. The second-order valence-corrected chi connectivity index (χ2v) is 14.7. The zero-order valence-corrected chi connectivity index (χ0v) is 25.7. The van der Waals surface area contributed by atoms with Crippen molar-refractivity contribution in [2.24, 2.45) is 5.92 Å². The van der Waals surface area contributed by atoms with E-state index in [2.05, 4.69) is 59.2 Å². The van der Waals surface area contributed by atoms with E-state index in [0.29, 0.717) is 17.5 Å². The molecule has 43 heavy (non-hydrogen) atoms. The highest BCUT2D eigenvalue weighted by Gasteiger charge is 2.37. The monoisotopic (exact) mass is 619 g/mol. The van der Waals surface area contributed by atoms with E-state index in [4.69, 9.17) is 11.6 Å². The van der Waals surface area contributed by atoms with Crippen LogP contribution in [0.25, 0.3) is 0 Å². The highest BCUT2D eigenvalue weighted by Crippen LogP contribution is 2.44. The topological polar surface area (TPSA) is 110 Å². The van der Waals surface area contributed by atoms with Crippen molar-refractivity contribution in [1.29, 1.82) is 0 Å². The van der Waals surface area contributed by atoms with Crippen LogP contribution >= 0.6 is 11.6 Å². The Bertz CT molecular complexity index is 1610. The van der Waals surface area contributed by atoms with Crippen LogP contribution in [0.2, 0.25) is 5.02 Å². The normalized spacial score (nSPS) is 21.7. The molecule has 0 bridgehead atoms. The Morgan fingerprint density at radius 1 is 0.907 bits per heavy atom. The van der Waals surface area contributed by atoms with Crippen molar-refractivity contribution in [3.8, 4) is 0 Å². The molecule has 226 valence electrons. The smallest absolute Gasteiger partial charge is 0.235 e. The number of halogens is 1. The van der Waals surface area contributed by atoms with Gasteiger partial charge in [-0.05, 0) is 92.2 Å². The first-order chi connectivity index (χ1) is 20.9. The fourth-order valence-corrected chi connectivity index (χ4v) is 8.33. The molecule has 4 aromatic rings. The van der Waals surface area contributed by atoms with Crippen LogP contribution in [0, 0.1) is 5.92 Å². The van der Waals surface area contributed by atoms with Crippen molar-refractivity contribution in [1.82, 2.24) is 20.4 Å². The molecule has 2 aromatic carbocycles. The summed E-state index contributed by atoms with van der Waals surface area (Å²) in [4.78, 5) is 4.93. The van der Waals surface area contributed by atoms with Crippen molar-refractivity contribution in [3.63, 3.8) is 0 Å². The van der Waals surface area contributed by atoms with Gasteiger partial charge in [0.1, 0.15) is 0 Å². The Kier molecular flexibility index (Phi) is 7.82. The van der Waals surface area contributed by atoms with E-state index in [9.17, 15) is 8.42 Å². The molecule has 4 heterocycles. The van der Waals surface area contributed by atoms with Gasteiger partial charge in [0.15, 0.2) is 0 Å². The van der Waals surface area contributed by atoms with Crippen LogP contribution in [0.1, 0.15) is 67.3 Å². The molecule has 1 aliphatic carbocycles. The average molecular weight is 620 g/mol. The van der Waals surface area contributed by atoms with E-state index < -0.39 is 10.0 Å². The number of hydrogen-bond donors (Lipinski definition) is 3. The third-order valence-electron chi connectivity index (χ3n) is 9.40. The zero-order valence-electron chi connectivity index (χ0n) is 24.1. The van der Waals surface area contributed by atoms with E-state index in [1.165, 1.54) is 16.8 Å². The Hall–Kier alpha value is -3.50. The van der Waals surface area contributed by atoms with Gasteiger partial charge in [0.2, 0.25) is 10.0 Å². The van der Waals surface area contributed by atoms with Crippen molar-refractivity contribution < 1.29 is 8.42 Å². The Morgan fingerprint density at radius 2 is 1.67 bits per heavy atom. The lowest BCUT2D eigenvalue weighted by Gasteiger charge is -2.41. The van der Waals surface area contributed by atoms with Gasteiger partial charge in [0, 0.05) is 36.5 Å². The first-order valence-electron chi connectivity index (χ1n) is 15.3. The van der Waals surface area contributed by atoms with Gasteiger partial charge in [-0.15, -0.1) is 0 Å². The molecule has 0 amide bonds. The van der Waals surface area contributed by atoms with Crippen molar-refractivity contribution in [3.05, 3.63) is 89.0 Å².